The van der Waals surface area contributed by atoms with Crippen molar-refractivity contribution in [2.45, 2.75) is 45.1 Å². The summed E-state index contributed by atoms with van der Waals surface area (Å²) in [5, 5.41) is 3.48. The van der Waals surface area contributed by atoms with Crippen molar-refractivity contribution in [3.05, 3.63) is 23.8 Å². The van der Waals surface area contributed by atoms with Crippen LogP contribution in [0.15, 0.2) is 18.2 Å². The molecule has 2 nitrogen and oxygen atoms in total. The van der Waals surface area contributed by atoms with Crippen molar-refractivity contribution < 1.29 is 0 Å². The van der Waals surface area contributed by atoms with Crippen molar-refractivity contribution in [1.29, 1.82) is 0 Å². The molecule has 1 fully saturated rings. The van der Waals surface area contributed by atoms with Gasteiger partial charge in [-0.15, -0.1) is 0 Å². The average Bonchev–Trinajstić information content (AvgIpc) is 2.68. The molecule has 1 N–H and O–H groups in total. The predicted molar refractivity (Wildman–Crippen MR) is 73.9 cm³/mol. The van der Waals surface area contributed by atoms with E-state index in [1.165, 1.54) is 49.2 Å². The van der Waals surface area contributed by atoms with Gasteiger partial charge in [0.15, 0.2) is 0 Å². The lowest BCUT2D eigenvalue weighted by Crippen LogP contribution is -2.38. The molecule has 0 radical (unpaired) electrons. The molecule has 2 aliphatic heterocycles. The molecule has 92 valence electrons. The Morgan fingerprint density at radius 3 is 2.88 bits per heavy atom. The molecule has 1 aromatic carbocycles. The molecule has 2 aliphatic rings. The van der Waals surface area contributed by atoms with Crippen molar-refractivity contribution in [2.75, 3.05) is 23.3 Å². The molecule has 0 spiro atoms. The largest absolute Gasteiger partial charge is 0.385 e. The molecule has 17 heavy (non-hydrogen) atoms. The summed E-state index contributed by atoms with van der Waals surface area (Å²) in [7, 11) is 0. The highest BCUT2D eigenvalue weighted by molar-refractivity contribution is 5.62. The molecule has 0 aromatic heterocycles. The van der Waals surface area contributed by atoms with Crippen LogP contribution >= 0.6 is 0 Å². The zero-order chi connectivity index (χ0) is 11.9. The Kier molecular flexibility index (Phi) is 2.53. The monoisotopic (exact) mass is 230 g/mol. The molecule has 2 heterocycles. The molecule has 3 rings (SSSR count). The topological polar surface area (TPSA) is 15.3 Å². The van der Waals surface area contributed by atoms with Crippen LogP contribution in [0.2, 0.25) is 0 Å². The molecule has 0 amide bonds. The average molecular weight is 230 g/mol. The second-order valence-corrected chi connectivity index (χ2v) is 5.94. The minimum Gasteiger partial charge on any atom is -0.385 e. The molecule has 1 aromatic rings. The Labute approximate surface area is 104 Å². The molecule has 2 heteroatoms. The zero-order valence-corrected chi connectivity index (χ0v) is 10.9. The Bertz CT molecular complexity index is 423. The van der Waals surface area contributed by atoms with Crippen LogP contribution in [-0.2, 0) is 6.42 Å². The third-order valence-corrected chi connectivity index (χ3v) is 4.24. The molecule has 0 unspecified atom stereocenters. The first-order chi connectivity index (χ1) is 8.17. The summed E-state index contributed by atoms with van der Waals surface area (Å²) in [5.74, 6) is 0. The first-order valence-corrected chi connectivity index (χ1v) is 6.81. The van der Waals surface area contributed by atoms with Crippen molar-refractivity contribution in [3.8, 4) is 0 Å². The highest BCUT2D eigenvalue weighted by Gasteiger charge is 2.32. The number of aryl methyl sites for hydroxylation is 1. The van der Waals surface area contributed by atoms with Gasteiger partial charge in [0.25, 0.3) is 0 Å². The van der Waals surface area contributed by atoms with Gasteiger partial charge in [-0.3, -0.25) is 0 Å². The fraction of sp³-hybridized carbons (Fsp3) is 0.600. The minimum atomic E-state index is 0.330. The normalized spacial score (nSPS) is 22.1. The molecule has 1 saturated heterocycles. The number of rotatable bonds is 1. The maximum absolute atomic E-state index is 3.48. The summed E-state index contributed by atoms with van der Waals surface area (Å²) in [4.78, 5) is 2.57. The van der Waals surface area contributed by atoms with E-state index in [1.54, 1.807) is 0 Å². The summed E-state index contributed by atoms with van der Waals surface area (Å²) in [6.07, 6.45) is 5.12. The summed E-state index contributed by atoms with van der Waals surface area (Å²) in [6, 6.07) is 6.94. The zero-order valence-electron chi connectivity index (χ0n) is 10.9. The van der Waals surface area contributed by atoms with Gasteiger partial charge >= 0.3 is 0 Å². The van der Waals surface area contributed by atoms with E-state index in [4.69, 9.17) is 0 Å². The van der Waals surface area contributed by atoms with E-state index < -0.39 is 0 Å². The van der Waals surface area contributed by atoms with Gasteiger partial charge in [0.05, 0.1) is 0 Å². The van der Waals surface area contributed by atoms with E-state index in [-0.39, 0.29) is 0 Å². The van der Waals surface area contributed by atoms with Crippen molar-refractivity contribution in [3.63, 3.8) is 0 Å². The van der Waals surface area contributed by atoms with Crippen LogP contribution in [0.25, 0.3) is 0 Å². The van der Waals surface area contributed by atoms with E-state index in [9.17, 15) is 0 Å². The minimum absolute atomic E-state index is 0.330. The van der Waals surface area contributed by atoms with E-state index in [0.29, 0.717) is 5.54 Å². The second kappa shape index (κ2) is 3.94. The van der Waals surface area contributed by atoms with Crippen LogP contribution in [0, 0.1) is 0 Å². The van der Waals surface area contributed by atoms with E-state index >= 15 is 0 Å². The number of benzene rings is 1. The van der Waals surface area contributed by atoms with E-state index in [0.717, 1.165) is 6.54 Å². The molecular weight excluding hydrogens is 208 g/mol. The highest BCUT2D eigenvalue weighted by Crippen LogP contribution is 2.36. The predicted octanol–water partition coefficient (Wildman–Crippen LogP) is 3.42. The Morgan fingerprint density at radius 2 is 2.12 bits per heavy atom. The first kappa shape index (κ1) is 10.9. The number of nitrogens with one attached hydrogen (secondary N) is 1. The third-order valence-electron chi connectivity index (χ3n) is 4.24. The van der Waals surface area contributed by atoms with E-state index in [1.807, 2.05) is 0 Å². The maximum Gasteiger partial charge on any atom is 0.0374 e. The number of anilines is 2. The third kappa shape index (κ3) is 1.90. The fourth-order valence-corrected chi connectivity index (χ4v) is 3.22. The molecule has 0 atom stereocenters. The van der Waals surface area contributed by atoms with Crippen LogP contribution in [0.5, 0.6) is 0 Å². The summed E-state index contributed by atoms with van der Waals surface area (Å²) >= 11 is 0. The van der Waals surface area contributed by atoms with Gasteiger partial charge in [-0.25, -0.2) is 0 Å². The Hall–Kier alpha value is -1.18. The lowest BCUT2D eigenvalue weighted by Gasteiger charge is -2.34. The van der Waals surface area contributed by atoms with Crippen LogP contribution in [-0.4, -0.2) is 18.6 Å². The number of nitrogens with zero attached hydrogens (tertiary/aromatic N) is 1. The molecule has 0 aliphatic carbocycles. The van der Waals surface area contributed by atoms with Gasteiger partial charge in [0.2, 0.25) is 0 Å². The van der Waals surface area contributed by atoms with Crippen molar-refractivity contribution >= 4 is 11.4 Å². The van der Waals surface area contributed by atoms with E-state index in [2.05, 4.69) is 42.3 Å². The maximum atomic E-state index is 3.48. The highest BCUT2D eigenvalue weighted by atomic mass is 15.2. The van der Waals surface area contributed by atoms with Crippen LogP contribution in [0.4, 0.5) is 11.4 Å². The number of hydrogen-bond donors (Lipinski definition) is 1. The summed E-state index contributed by atoms with van der Waals surface area (Å²) < 4.78 is 0. The smallest absolute Gasteiger partial charge is 0.0374 e. The van der Waals surface area contributed by atoms with Gasteiger partial charge < -0.3 is 10.2 Å². The quantitative estimate of drug-likeness (QED) is 0.795. The standard InChI is InChI=1S/C15H22N2/c1-15(2)8-4-10-17(15)13-6-7-14-12(11-13)5-3-9-16-14/h6-7,11,16H,3-5,8-10H2,1-2H3. The van der Waals surface area contributed by atoms with Gasteiger partial charge in [-0.2, -0.15) is 0 Å². The fourth-order valence-electron chi connectivity index (χ4n) is 3.22. The van der Waals surface area contributed by atoms with Gasteiger partial charge in [-0.05, 0) is 63.3 Å². The van der Waals surface area contributed by atoms with Crippen LogP contribution < -0.4 is 10.2 Å². The number of fused-ring (bicyclic) bond motifs is 1. The van der Waals surface area contributed by atoms with Crippen molar-refractivity contribution in [1.82, 2.24) is 0 Å². The molecular formula is C15H22N2. The molecule has 0 bridgehead atoms. The lowest BCUT2D eigenvalue weighted by atomic mass is 9.99. The SMILES string of the molecule is CC1(C)CCCN1c1ccc2c(c1)CCCN2. The van der Waals surface area contributed by atoms with Gasteiger partial charge in [-0.1, -0.05) is 0 Å². The second-order valence-electron chi connectivity index (χ2n) is 5.94. The summed E-state index contributed by atoms with van der Waals surface area (Å²) in [6.45, 7) is 7.05. The van der Waals surface area contributed by atoms with Gasteiger partial charge in [0.1, 0.15) is 0 Å². The number of hydrogen-bond acceptors (Lipinski definition) is 2. The van der Waals surface area contributed by atoms with Crippen molar-refractivity contribution in [2.24, 2.45) is 0 Å². The van der Waals surface area contributed by atoms with Gasteiger partial charge in [0, 0.05) is 30.0 Å². The lowest BCUT2D eigenvalue weighted by molar-refractivity contribution is 0.518. The first-order valence-electron chi connectivity index (χ1n) is 6.81. The van der Waals surface area contributed by atoms with Crippen LogP contribution in [0.3, 0.4) is 0 Å². The summed E-state index contributed by atoms with van der Waals surface area (Å²) in [5.41, 5.74) is 4.58. The Balaban J connectivity index is 1.93. The van der Waals surface area contributed by atoms with Crippen LogP contribution in [0.1, 0.15) is 38.7 Å². The Morgan fingerprint density at radius 1 is 1.24 bits per heavy atom. The molecule has 0 saturated carbocycles.